The summed E-state index contributed by atoms with van der Waals surface area (Å²) >= 11 is 0. The van der Waals surface area contributed by atoms with Crippen LogP contribution in [0.5, 0.6) is 0 Å². The van der Waals surface area contributed by atoms with Crippen LogP contribution in [0.15, 0.2) is 23.3 Å². The Hall–Kier alpha value is -2.24. The molecule has 0 aliphatic carbocycles. The van der Waals surface area contributed by atoms with Crippen molar-refractivity contribution in [2.24, 2.45) is 0 Å². The lowest BCUT2D eigenvalue weighted by molar-refractivity contribution is -0.145. The van der Waals surface area contributed by atoms with Gasteiger partial charge in [0.2, 0.25) is 0 Å². The van der Waals surface area contributed by atoms with E-state index in [0.29, 0.717) is 11.1 Å². The van der Waals surface area contributed by atoms with Gasteiger partial charge >= 0.3 is 0 Å². The second-order valence-corrected chi connectivity index (χ2v) is 3.94. The van der Waals surface area contributed by atoms with Crippen molar-refractivity contribution in [3.8, 4) is 0 Å². The van der Waals surface area contributed by atoms with Gasteiger partial charge in [-0.05, 0) is 13.8 Å². The highest BCUT2D eigenvalue weighted by Gasteiger charge is 2.35. The predicted octanol–water partition coefficient (Wildman–Crippen LogP) is -0.426. The molecule has 4 amide bonds. The van der Waals surface area contributed by atoms with Crippen molar-refractivity contribution in [3.05, 3.63) is 23.3 Å². The van der Waals surface area contributed by atoms with Crippen LogP contribution in [0.2, 0.25) is 0 Å². The van der Waals surface area contributed by atoms with Crippen molar-refractivity contribution in [2.45, 2.75) is 13.8 Å². The Bertz CT molecular complexity index is 470. The third-order valence-electron chi connectivity index (χ3n) is 2.66. The van der Waals surface area contributed by atoms with Crippen LogP contribution in [0.25, 0.3) is 0 Å². The van der Waals surface area contributed by atoms with E-state index in [1.165, 1.54) is 26.0 Å². The van der Waals surface area contributed by atoms with Gasteiger partial charge in [-0.3, -0.25) is 29.0 Å². The van der Waals surface area contributed by atoms with Gasteiger partial charge in [0.05, 0.1) is 0 Å². The maximum absolute atomic E-state index is 11.6. The van der Waals surface area contributed by atoms with Gasteiger partial charge in [-0.15, -0.1) is 0 Å². The summed E-state index contributed by atoms with van der Waals surface area (Å²) in [6, 6.07) is 0. The van der Waals surface area contributed by atoms with Gasteiger partial charge in [0.15, 0.2) is 0 Å². The molecule has 0 saturated heterocycles. The predicted molar refractivity (Wildman–Crippen MR) is 56.1 cm³/mol. The van der Waals surface area contributed by atoms with E-state index in [2.05, 4.69) is 0 Å². The lowest BCUT2D eigenvalue weighted by atomic mass is 10.3. The summed E-state index contributed by atoms with van der Waals surface area (Å²) in [6.07, 6.45) is 2.38. The van der Waals surface area contributed by atoms with Crippen LogP contribution < -0.4 is 0 Å². The molecule has 2 aliphatic rings. The van der Waals surface area contributed by atoms with Crippen LogP contribution in [0, 0.1) is 0 Å². The number of hydrogen-bond acceptors (Lipinski definition) is 4. The van der Waals surface area contributed by atoms with Gasteiger partial charge in [0, 0.05) is 23.3 Å². The second-order valence-electron chi connectivity index (χ2n) is 3.94. The first-order chi connectivity index (χ1) is 7.91. The standard InChI is InChI=1S/C11H10N2O4/c1-6-3-8(14)12(10(6)16)5-13-9(15)4-7(2)11(13)17/h3-4H,5H2,1-2H3. The molecule has 0 fully saturated rings. The molecule has 0 aromatic heterocycles. The van der Waals surface area contributed by atoms with E-state index in [1.807, 2.05) is 0 Å². The summed E-state index contributed by atoms with van der Waals surface area (Å²) in [5.41, 5.74) is 0.609. The fraction of sp³-hybridized carbons (Fsp3) is 0.273. The van der Waals surface area contributed by atoms with Crippen molar-refractivity contribution in [2.75, 3.05) is 6.67 Å². The molecule has 2 rings (SSSR count). The van der Waals surface area contributed by atoms with Gasteiger partial charge < -0.3 is 0 Å². The van der Waals surface area contributed by atoms with Crippen molar-refractivity contribution in [1.29, 1.82) is 0 Å². The molecule has 88 valence electrons. The molecule has 0 spiro atoms. The third kappa shape index (κ3) is 1.67. The van der Waals surface area contributed by atoms with Crippen LogP contribution in [-0.2, 0) is 19.2 Å². The fourth-order valence-corrected chi connectivity index (χ4v) is 1.68. The lowest BCUT2D eigenvalue weighted by Crippen LogP contribution is -2.44. The fourth-order valence-electron chi connectivity index (χ4n) is 1.68. The number of hydrogen-bond donors (Lipinski definition) is 0. The average Bonchev–Trinajstić information content (AvgIpc) is 2.62. The zero-order valence-corrected chi connectivity index (χ0v) is 9.39. The summed E-state index contributed by atoms with van der Waals surface area (Å²) in [5.74, 6) is -1.95. The number of carbonyl (C=O) groups is 4. The minimum Gasteiger partial charge on any atom is -0.269 e. The van der Waals surface area contributed by atoms with Crippen LogP contribution in [0.3, 0.4) is 0 Å². The molecule has 0 saturated carbocycles. The van der Waals surface area contributed by atoms with E-state index >= 15 is 0 Å². The van der Waals surface area contributed by atoms with Crippen molar-refractivity contribution in [1.82, 2.24) is 9.80 Å². The maximum atomic E-state index is 11.6. The molecule has 17 heavy (non-hydrogen) atoms. The highest BCUT2D eigenvalue weighted by atomic mass is 16.2. The SMILES string of the molecule is CC1=CC(=O)N(CN2C(=O)C=C(C)C2=O)C1=O. The lowest BCUT2D eigenvalue weighted by Gasteiger charge is -2.21. The van der Waals surface area contributed by atoms with E-state index in [-0.39, 0.29) is 6.67 Å². The maximum Gasteiger partial charge on any atom is 0.258 e. The minimum atomic E-state index is -0.502. The van der Waals surface area contributed by atoms with Crippen molar-refractivity contribution in [3.63, 3.8) is 0 Å². The first kappa shape index (κ1) is 11.3. The Balaban J connectivity index is 2.15. The minimum absolute atomic E-state index is 0.304. The normalized spacial score (nSPS) is 20.4. The van der Waals surface area contributed by atoms with Gasteiger partial charge in [-0.25, -0.2) is 0 Å². The summed E-state index contributed by atoms with van der Waals surface area (Å²) in [5, 5.41) is 0. The molecule has 6 nitrogen and oxygen atoms in total. The monoisotopic (exact) mass is 234 g/mol. The third-order valence-corrected chi connectivity index (χ3v) is 2.66. The zero-order valence-electron chi connectivity index (χ0n) is 9.39. The Morgan fingerprint density at radius 3 is 1.41 bits per heavy atom. The Morgan fingerprint density at radius 1 is 0.824 bits per heavy atom. The number of imide groups is 2. The summed E-state index contributed by atoms with van der Waals surface area (Å²) in [7, 11) is 0. The van der Waals surface area contributed by atoms with Crippen LogP contribution in [-0.4, -0.2) is 40.1 Å². The smallest absolute Gasteiger partial charge is 0.258 e. The molecule has 0 N–H and O–H groups in total. The first-order valence-electron chi connectivity index (χ1n) is 5.00. The molecule has 0 unspecified atom stereocenters. The zero-order chi connectivity index (χ0) is 12.7. The molecule has 6 heteroatoms. The van der Waals surface area contributed by atoms with E-state index in [9.17, 15) is 19.2 Å². The summed E-state index contributed by atoms with van der Waals surface area (Å²) in [6.45, 7) is 2.70. The molecular weight excluding hydrogens is 224 g/mol. The molecule has 0 atom stereocenters. The Morgan fingerprint density at radius 2 is 1.18 bits per heavy atom. The average molecular weight is 234 g/mol. The first-order valence-corrected chi connectivity index (χ1v) is 5.00. The van der Waals surface area contributed by atoms with E-state index < -0.39 is 23.6 Å². The summed E-state index contributed by atoms with van der Waals surface area (Å²) in [4.78, 5) is 47.8. The molecule has 0 bridgehead atoms. The van der Waals surface area contributed by atoms with Crippen molar-refractivity contribution >= 4 is 23.6 Å². The van der Waals surface area contributed by atoms with Crippen LogP contribution >= 0.6 is 0 Å². The summed E-state index contributed by atoms with van der Waals surface area (Å²) < 4.78 is 0. The van der Waals surface area contributed by atoms with Crippen LogP contribution in [0.4, 0.5) is 0 Å². The van der Waals surface area contributed by atoms with Gasteiger partial charge in [-0.1, -0.05) is 0 Å². The second kappa shape index (κ2) is 3.65. The molecule has 0 aromatic rings. The van der Waals surface area contributed by atoms with E-state index in [0.717, 1.165) is 9.80 Å². The highest BCUT2D eigenvalue weighted by Crippen LogP contribution is 2.17. The number of nitrogens with zero attached hydrogens (tertiary/aromatic N) is 2. The highest BCUT2D eigenvalue weighted by molar-refractivity contribution is 6.18. The van der Waals surface area contributed by atoms with Crippen LogP contribution in [0.1, 0.15) is 13.8 Å². The topological polar surface area (TPSA) is 74.8 Å². The molecular formula is C11H10N2O4. The molecule has 2 heterocycles. The molecule has 0 radical (unpaired) electrons. The Kier molecular flexibility index (Phi) is 2.42. The molecule has 2 aliphatic heterocycles. The van der Waals surface area contributed by atoms with Gasteiger partial charge in [0.1, 0.15) is 6.67 Å². The number of amides is 4. The van der Waals surface area contributed by atoms with Gasteiger partial charge in [0.25, 0.3) is 23.6 Å². The Labute approximate surface area is 97.2 Å². The number of carbonyl (C=O) groups excluding carboxylic acids is 4. The van der Waals surface area contributed by atoms with E-state index in [4.69, 9.17) is 0 Å². The van der Waals surface area contributed by atoms with Gasteiger partial charge in [-0.2, -0.15) is 0 Å². The van der Waals surface area contributed by atoms with E-state index in [1.54, 1.807) is 0 Å². The quantitative estimate of drug-likeness (QED) is 0.608. The number of rotatable bonds is 2. The largest absolute Gasteiger partial charge is 0.269 e. The molecule has 0 aromatic carbocycles. The van der Waals surface area contributed by atoms with Crippen molar-refractivity contribution < 1.29 is 19.2 Å².